The Labute approximate surface area is 107 Å². The number of carboxylic acid groups (broad SMARTS) is 4. The molecule has 2 atom stereocenters. The van der Waals surface area contributed by atoms with Crippen LogP contribution in [-0.4, -0.2) is 56.4 Å². The Hall–Kier alpha value is -2.20. The first-order valence-electron chi connectivity index (χ1n) is 4.93. The molecular formula is C9H16N2O8. The number of nitrogens with two attached hydrogens (primary N) is 2. The van der Waals surface area contributed by atoms with E-state index in [1.54, 1.807) is 0 Å². The van der Waals surface area contributed by atoms with Crippen LogP contribution >= 0.6 is 0 Å². The molecule has 19 heavy (non-hydrogen) atoms. The van der Waals surface area contributed by atoms with Crippen molar-refractivity contribution in [1.29, 1.82) is 0 Å². The molecule has 0 aliphatic heterocycles. The molecule has 0 aliphatic rings. The molecule has 10 heteroatoms. The number of aliphatic carboxylic acids is 4. The van der Waals surface area contributed by atoms with Crippen LogP contribution in [0.1, 0.15) is 13.3 Å². The van der Waals surface area contributed by atoms with Gasteiger partial charge in [0.2, 0.25) is 0 Å². The van der Waals surface area contributed by atoms with Gasteiger partial charge in [0.25, 0.3) is 0 Å². The summed E-state index contributed by atoms with van der Waals surface area (Å²) in [7, 11) is 0. The molecule has 0 fully saturated rings. The van der Waals surface area contributed by atoms with Crippen LogP contribution < -0.4 is 11.5 Å². The molecule has 0 aromatic heterocycles. The van der Waals surface area contributed by atoms with Gasteiger partial charge in [0, 0.05) is 0 Å². The highest BCUT2D eigenvalue weighted by atomic mass is 16.4. The Morgan fingerprint density at radius 3 is 1.32 bits per heavy atom. The zero-order chi connectivity index (χ0) is 15.7. The number of hydrogen-bond acceptors (Lipinski definition) is 6. The SMILES string of the molecule is C[C@H](N)C(=O)O.N[C@@H](CC(C(=O)O)C(=O)O)C(=O)O. The quantitative estimate of drug-likeness (QED) is 0.295. The van der Waals surface area contributed by atoms with Gasteiger partial charge in [-0.15, -0.1) is 0 Å². The lowest BCUT2D eigenvalue weighted by atomic mass is 10.0. The summed E-state index contributed by atoms with van der Waals surface area (Å²) in [5.41, 5.74) is 9.80. The van der Waals surface area contributed by atoms with Gasteiger partial charge in [0.05, 0.1) is 0 Å². The average molecular weight is 280 g/mol. The van der Waals surface area contributed by atoms with Crippen molar-refractivity contribution in [3.8, 4) is 0 Å². The molecule has 0 aromatic carbocycles. The minimum atomic E-state index is -1.77. The standard InChI is InChI=1S/C6H9NO6.C3H7NO2/c7-3(6(12)13)1-2(4(8)9)5(10)11;1-2(4)3(5)6/h2-3H,1,7H2,(H,8,9)(H,10,11)(H,12,13);2H,4H2,1H3,(H,5,6)/t3-;2-/m00/s1. The molecular weight excluding hydrogens is 264 g/mol. The maximum Gasteiger partial charge on any atom is 0.320 e. The molecule has 0 radical (unpaired) electrons. The summed E-state index contributed by atoms with van der Waals surface area (Å²) in [4.78, 5) is 40.3. The molecule has 0 aliphatic carbocycles. The minimum absolute atomic E-state index is 0.625. The highest BCUT2D eigenvalue weighted by Crippen LogP contribution is 2.06. The van der Waals surface area contributed by atoms with E-state index in [1.165, 1.54) is 6.92 Å². The highest BCUT2D eigenvalue weighted by molar-refractivity contribution is 5.93. The molecule has 0 aromatic rings. The second-order valence-electron chi connectivity index (χ2n) is 3.54. The van der Waals surface area contributed by atoms with E-state index in [4.69, 9.17) is 31.9 Å². The zero-order valence-electron chi connectivity index (χ0n) is 10.0. The number of carboxylic acids is 4. The first kappa shape index (κ1) is 19.1. The van der Waals surface area contributed by atoms with E-state index < -0.39 is 48.3 Å². The van der Waals surface area contributed by atoms with Gasteiger partial charge in [-0.2, -0.15) is 0 Å². The molecule has 0 amide bonds. The Kier molecular flexibility index (Phi) is 8.90. The summed E-state index contributed by atoms with van der Waals surface area (Å²) in [5.74, 6) is -7.35. The number of carbonyl (C=O) groups is 4. The lowest BCUT2D eigenvalue weighted by molar-refractivity contribution is -0.155. The molecule has 0 heterocycles. The molecule has 0 spiro atoms. The fourth-order valence-electron chi connectivity index (χ4n) is 0.662. The molecule has 0 saturated heterocycles. The molecule has 0 saturated carbocycles. The minimum Gasteiger partial charge on any atom is -0.481 e. The summed E-state index contributed by atoms with van der Waals surface area (Å²) in [6, 6.07) is -2.21. The van der Waals surface area contributed by atoms with Gasteiger partial charge in [-0.3, -0.25) is 19.2 Å². The third-order valence-electron chi connectivity index (χ3n) is 1.79. The lowest BCUT2D eigenvalue weighted by Crippen LogP contribution is -2.37. The van der Waals surface area contributed by atoms with Gasteiger partial charge in [-0.05, 0) is 13.3 Å². The van der Waals surface area contributed by atoms with Gasteiger partial charge in [0.15, 0.2) is 5.92 Å². The van der Waals surface area contributed by atoms with Crippen LogP contribution in [0.25, 0.3) is 0 Å². The largest absolute Gasteiger partial charge is 0.481 e. The van der Waals surface area contributed by atoms with Crippen molar-refractivity contribution in [2.75, 3.05) is 0 Å². The Morgan fingerprint density at radius 1 is 0.842 bits per heavy atom. The first-order chi connectivity index (χ1) is 8.50. The van der Waals surface area contributed by atoms with E-state index in [9.17, 15) is 19.2 Å². The maximum absolute atomic E-state index is 10.3. The van der Waals surface area contributed by atoms with Crippen LogP contribution in [-0.2, 0) is 19.2 Å². The molecule has 0 rings (SSSR count). The van der Waals surface area contributed by atoms with E-state index >= 15 is 0 Å². The first-order valence-corrected chi connectivity index (χ1v) is 4.93. The molecule has 8 N–H and O–H groups in total. The summed E-state index contributed by atoms with van der Waals surface area (Å²) >= 11 is 0. The van der Waals surface area contributed by atoms with Crippen molar-refractivity contribution < 1.29 is 39.6 Å². The summed E-state index contributed by atoms with van der Waals surface area (Å²) < 4.78 is 0. The summed E-state index contributed by atoms with van der Waals surface area (Å²) in [5, 5.41) is 32.8. The lowest BCUT2D eigenvalue weighted by Gasteiger charge is -2.09. The topological polar surface area (TPSA) is 201 Å². The van der Waals surface area contributed by atoms with Gasteiger partial charge >= 0.3 is 23.9 Å². The summed E-state index contributed by atoms with van der Waals surface area (Å²) in [6.07, 6.45) is -0.625. The zero-order valence-corrected chi connectivity index (χ0v) is 10.0. The van der Waals surface area contributed by atoms with Crippen molar-refractivity contribution in [2.24, 2.45) is 17.4 Å². The number of hydrogen-bond donors (Lipinski definition) is 6. The van der Waals surface area contributed by atoms with Crippen LogP contribution in [0.3, 0.4) is 0 Å². The van der Waals surface area contributed by atoms with Gasteiger partial charge in [-0.25, -0.2) is 0 Å². The highest BCUT2D eigenvalue weighted by Gasteiger charge is 2.30. The smallest absolute Gasteiger partial charge is 0.320 e. The molecule has 10 nitrogen and oxygen atoms in total. The van der Waals surface area contributed by atoms with Crippen LogP contribution in [0.5, 0.6) is 0 Å². The van der Waals surface area contributed by atoms with E-state index in [-0.39, 0.29) is 0 Å². The second-order valence-corrected chi connectivity index (χ2v) is 3.54. The third kappa shape index (κ3) is 9.50. The molecule has 110 valence electrons. The Bertz CT molecular complexity index is 340. The maximum atomic E-state index is 10.3. The second kappa shape index (κ2) is 8.83. The predicted molar refractivity (Wildman–Crippen MR) is 60.3 cm³/mol. The predicted octanol–water partition coefficient (Wildman–Crippen LogP) is -2.01. The van der Waals surface area contributed by atoms with Crippen LogP contribution in [0, 0.1) is 5.92 Å². The fourth-order valence-corrected chi connectivity index (χ4v) is 0.662. The van der Waals surface area contributed by atoms with Crippen molar-refractivity contribution in [2.45, 2.75) is 25.4 Å². The van der Waals surface area contributed by atoms with Crippen LogP contribution in [0.2, 0.25) is 0 Å². The van der Waals surface area contributed by atoms with Crippen LogP contribution in [0.4, 0.5) is 0 Å². The van der Waals surface area contributed by atoms with Crippen molar-refractivity contribution in [3.05, 3.63) is 0 Å². The third-order valence-corrected chi connectivity index (χ3v) is 1.79. The van der Waals surface area contributed by atoms with Gasteiger partial charge < -0.3 is 31.9 Å². The molecule has 0 unspecified atom stereocenters. The van der Waals surface area contributed by atoms with Gasteiger partial charge in [-0.1, -0.05) is 0 Å². The molecule has 0 bridgehead atoms. The van der Waals surface area contributed by atoms with E-state index in [1.807, 2.05) is 0 Å². The Morgan fingerprint density at radius 2 is 1.16 bits per heavy atom. The monoisotopic (exact) mass is 280 g/mol. The van der Waals surface area contributed by atoms with Gasteiger partial charge in [0.1, 0.15) is 12.1 Å². The van der Waals surface area contributed by atoms with Crippen molar-refractivity contribution >= 4 is 23.9 Å². The summed E-state index contributed by atoms with van der Waals surface area (Å²) in [6.45, 7) is 1.42. The Balaban J connectivity index is 0. The normalized spacial score (nSPS) is 12.8. The van der Waals surface area contributed by atoms with E-state index in [0.717, 1.165) is 0 Å². The van der Waals surface area contributed by atoms with Crippen LogP contribution in [0.15, 0.2) is 0 Å². The van der Waals surface area contributed by atoms with E-state index in [0.29, 0.717) is 0 Å². The fraction of sp³-hybridized carbons (Fsp3) is 0.556. The average Bonchev–Trinajstić information content (AvgIpc) is 2.24. The van der Waals surface area contributed by atoms with Crippen molar-refractivity contribution in [3.63, 3.8) is 0 Å². The van der Waals surface area contributed by atoms with E-state index in [2.05, 4.69) is 0 Å². The number of rotatable bonds is 6. The van der Waals surface area contributed by atoms with Crippen molar-refractivity contribution in [1.82, 2.24) is 0 Å².